The Hall–Kier alpha value is 1.36. The van der Waals surface area contributed by atoms with Crippen molar-refractivity contribution in [2.45, 2.75) is 13.8 Å². The van der Waals surface area contributed by atoms with Crippen molar-refractivity contribution < 1.29 is 54.8 Å². The molecule has 0 aromatic carbocycles. The van der Waals surface area contributed by atoms with Gasteiger partial charge in [0.05, 0.1) is 0 Å². The van der Waals surface area contributed by atoms with Crippen LogP contribution in [0.2, 0.25) is 0 Å². The van der Waals surface area contributed by atoms with Gasteiger partial charge in [0.25, 0.3) is 0 Å². The van der Waals surface area contributed by atoms with Gasteiger partial charge in [-0.15, -0.1) is 9.05 Å². The summed E-state index contributed by atoms with van der Waals surface area (Å²) in [5, 5.41) is 0. The van der Waals surface area contributed by atoms with Crippen LogP contribution in [0.4, 0.5) is 0 Å². The Labute approximate surface area is 89.8 Å². The molecular formula is C4H10O3PRuTi+. The average Bonchev–Trinajstić information content (AvgIpc) is 1.68. The zero-order valence-corrected chi connectivity index (χ0v) is 10.1. The van der Waals surface area contributed by atoms with E-state index >= 15 is 0 Å². The molecule has 0 N–H and O–H groups in total. The predicted molar refractivity (Wildman–Crippen MR) is 30.9 cm³/mol. The first-order chi connectivity index (χ1) is 3.81. The van der Waals surface area contributed by atoms with Crippen molar-refractivity contribution in [2.75, 3.05) is 13.2 Å². The number of rotatable bonds is 4. The van der Waals surface area contributed by atoms with E-state index in [1.165, 1.54) is 0 Å². The first kappa shape index (κ1) is 17.4. The van der Waals surface area contributed by atoms with E-state index < -0.39 is 8.25 Å². The molecule has 0 amide bonds. The largest absolute Gasteiger partial charge is 0.697 e. The molecule has 0 atom stereocenters. The Bertz CT molecular complexity index is 74.9. The Balaban J connectivity index is -0.000000245. The first-order valence-electron chi connectivity index (χ1n) is 2.54. The van der Waals surface area contributed by atoms with Gasteiger partial charge in [0.1, 0.15) is 13.2 Å². The summed E-state index contributed by atoms with van der Waals surface area (Å²) in [5.74, 6) is 0. The van der Waals surface area contributed by atoms with E-state index in [4.69, 9.17) is 0 Å². The molecule has 0 radical (unpaired) electrons. The van der Waals surface area contributed by atoms with E-state index in [-0.39, 0.29) is 41.2 Å². The minimum atomic E-state index is -1.83. The topological polar surface area (TPSA) is 35.5 Å². The van der Waals surface area contributed by atoms with Gasteiger partial charge in [0.2, 0.25) is 0 Å². The smallest absolute Gasteiger partial charge is 0.119 e. The third kappa shape index (κ3) is 12.1. The normalized spacial score (nSPS) is 7.40. The van der Waals surface area contributed by atoms with Crippen molar-refractivity contribution in [1.29, 1.82) is 0 Å². The number of hydrogen-bond acceptors (Lipinski definition) is 3. The Morgan fingerprint density at radius 1 is 1.20 bits per heavy atom. The van der Waals surface area contributed by atoms with Gasteiger partial charge < -0.3 is 0 Å². The second-order valence-corrected chi connectivity index (χ2v) is 2.02. The Kier molecular flexibility index (Phi) is 22.7. The zero-order valence-electron chi connectivity index (χ0n) is 5.94. The summed E-state index contributed by atoms with van der Waals surface area (Å²) in [7, 11) is -1.83. The van der Waals surface area contributed by atoms with Crippen molar-refractivity contribution in [3.8, 4) is 0 Å². The number of hydrogen-bond donors (Lipinski definition) is 0. The van der Waals surface area contributed by atoms with Gasteiger partial charge in [0, 0.05) is 45.8 Å². The molecule has 0 aromatic rings. The molecule has 0 saturated heterocycles. The van der Waals surface area contributed by atoms with Crippen LogP contribution in [-0.2, 0) is 54.8 Å². The molecule has 0 aliphatic carbocycles. The van der Waals surface area contributed by atoms with Crippen molar-refractivity contribution in [3.05, 3.63) is 0 Å². The van der Waals surface area contributed by atoms with E-state index in [1.54, 1.807) is 13.8 Å². The van der Waals surface area contributed by atoms with Crippen LogP contribution in [-0.4, -0.2) is 13.2 Å². The molecule has 6 heteroatoms. The van der Waals surface area contributed by atoms with Gasteiger partial charge >= 0.3 is 8.25 Å². The fraction of sp³-hybridized carbons (Fsp3) is 1.00. The molecule has 0 aliphatic rings. The van der Waals surface area contributed by atoms with Gasteiger partial charge in [-0.05, 0) is 13.8 Å². The summed E-state index contributed by atoms with van der Waals surface area (Å²) in [6.45, 7) is 4.42. The van der Waals surface area contributed by atoms with E-state index in [0.717, 1.165) is 0 Å². The van der Waals surface area contributed by atoms with Crippen molar-refractivity contribution in [3.63, 3.8) is 0 Å². The van der Waals surface area contributed by atoms with E-state index in [9.17, 15) is 4.57 Å². The van der Waals surface area contributed by atoms with Crippen LogP contribution in [0.25, 0.3) is 0 Å². The second kappa shape index (κ2) is 13.0. The summed E-state index contributed by atoms with van der Waals surface area (Å²) in [6, 6.07) is 0. The summed E-state index contributed by atoms with van der Waals surface area (Å²) >= 11 is 0. The van der Waals surface area contributed by atoms with E-state index in [2.05, 4.69) is 9.05 Å². The molecule has 0 aromatic heterocycles. The van der Waals surface area contributed by atoms with Gasteiger partial charge in [-0.2, -0.15) is 0 Å². The van der Waals surface area contributed by atoms with Crippen LogP contribution < -0.4 is 0 Å². The molecule has 0 bridgehead atoms. The predicted octanol–water partition coefficient (Wildman–Crippen LogP) is 1.71. The standard InChI is InChI=1S/C4H10O3P.Ru.Ti/c1-3-6-8(5)7-4-2;;/h3-4H2,1-2H3;;/q+1;;. The average molecular weight is 286 g/mol. The third-order valence-corrected chi connectivity index (χ3v) is 1.41. The summed E-state index contributed by atoms with van der Waals surface area (Å²) in [5.41, 5.74) is 0. The maximum absolute atomic E-state index is 10.3. The minimum Gasteiger partial charge on any atom is -0.119 e. The SMILES string of the molecule is CCO[P+](=O)OCC.[Ru].[Ti]. The first-order valence-corrected chi connectivity index (χ1v) is 3.63. The van der Waals surface area contributed by atoms with Crippen LogP contribution in [0.1, 0.15) is 13.8 Å². The second-order valence-electron chi connectivity index (χ2n) is 1.06. The molecule has 10 heavy (non-hydrogen) atoms. The molecular weight excluding hydrogens is 276 g/mol. The van der Waals surface area contributed by atoms with Crippen LogP contribution in [0.3, 0.4) is 0 Å². The molecule has 0 spiro atoms. The maximum Gasteiger partial charge on any atom is 0.697 e. The minimum absolute atomic E-state index is 0. The van der Waals surface area contributed by atoms with Gasteiger partial charge in [-0.3, -0.25) is 0 Å². The van der Waals surface area contributed by atoms with Crippen molar-refractivity contribution >= 4 is 8.25 Å². The fourth-order valence-corrected chi connectivity index (χ4v) is 0.744. The monoisotopic (exact) mass is 287 g/mol. The summed E-state index contributed by atoms with van der Waals surface area (Å²) in [4.78, 5) is 0. The van der Waals surface area contributed by atoms with Crippen LogP contribution in [0.5, 0.6) is 0 Å². The van der Waals surface area contributed by atoms with Crippen molar-refractivity contribution in [2.24, 2.45) is 0 Å². The van der Waals surface area contributed by atoms with Crippen LogP contribution in [0, 0.1) is 0 Å². The van der Waals surface area contributed by atoms with Crippen LogP contribution >= 0.6 is 8.25 Å². The molecule has 0 heterocycles. The Morgan fingerprint density at radius 3 is 1.70 bits per heavy atom. The zero-order chi connectivity index (χ0) is 6.41. The molecule has 0 unspecified atom stereocenters. The molecule has 60 valence electrons. The van der Waals surface area contributed by atoms with Gasteiger partial charge in [-0.25, -0.2) is 0 Å². The molecule has 0 fully saturated rings. The third-order valence-electron chi connectivity index (χ3n) is 0.469. The molecule has 0 aliphatic heterocycles. The fourth-order valence-electron chi connectivity index (χ4n) is 0.248. The summed E-state index contributed by atoms with van der Waals surface area (Å²) < 4.78 is 19.5. The Morgan fingerprint density at radius 2 is 1.50 bits per heavy atom. The quantitative estimate of drug-likeness (QED) is 0.583. The van der Waals surface area contributed by atoms with Gasteiger partial charge in [0.15, 0.2) is 0 Å². The van der Waals surface area contributed by atoms with Gasteiger partial charge in [-0.1, -0.05) is 0 Å². The van der Waals surface area contributed by atoms with E-state index in [1.807, 2.05) is 0 Å². The maximum atomic E-state index is 10.3. The summed E-state index contributed by atoms with van der Waals surface area (Å²) in [6.07, 6.45) is 0. The molecule has 3 nitrogen and oxygen atoms in total. The van der Waals surface area contributed by atoms with E-state index in [0.29, 0.717) is 13.2 Å². The molecule has 0 saturated carbocycles. The van der Waals surface area contributed by atoms with Crippen molar-refractivity contribution in [1.82, 2.24) is 0 Å². The van der Waals surface area contributed by atoms with Crippen LogP contribution in [0.15, 0.2) is 0 Å². The molecule has 0 rings (SSSR count).